The maximum atomic E-state index is 12.7. The smallest absolute Gasteiger partial charge is 0.262 e. The number of nitrogens with zero attached hydrogens (tertiary/aromatic N) is 2. The van der Waals surface area contributed by atoms with Gasteiger partial charge in [-0.05, 0) is 43.3 Å². The second-order valence-corrected chi connectivity index (χ2v) is 7.75. The molecule has 0 atom stereocenters. The number of rotatable bonds is 5. The SMILES string of the molecule is CCn1c(SCC(=O)Nc2cccc(Cl)c2)nc2ccc(Br)cc2c1=O. The zero-order chi connectivity index (χ0) is 18.7. The van der Waals surface area contributed by atoms with Crippen molar-refractivity contribution in [3.05, 3.63) is 62.3 Å². The average Bonchev–Trinajstić information content (AvgIpc) is 2.61. The molecule has 0 aliphatic rings. The van der Waals surface area contributed by atoms with E-state index in [4.69, 9.17) is 11.6 Å². The third kappa shape index (κ3) is 4.28. The Morgan fingerprint density at radius 1 is 1.31 bits per heavy atom. The maximum Gasteiger partial charge on any atom is 0.262 e. The molecule has 1 aromatic heterocycles. The molecule has 8 heteroatoms. The summed E-state index contributed by atoms with van der Waals surface area (Å²) in [6.07, 6.45) is 0. The lowest BCUT2D eigenvalue weighted by Gasteiger charge is -2.11. The van der Waals surface area contributed by atoms with Crippen LogP contribution in [-0.4, -0.2) is 21.2 Å². The normalized spacial score (nSPS) is 10.9. The van der Waals surface area contributed by atoms with Gasteiger partial charge in [0.15, 0.2) is 5.16 Å². The van der Waals surface area contributed by atoms with Gasteiger partial charge in [0, 0.05) is 21.7 Å². The predicted octanol–water partition coefficient (Wildman–Crippen LogP) is 4.56. The summed E-state index contributed by atoms with van der Waals surface area (Å²) < 4.78 is 2.40. The van der Waals surface area contributed by atoms with Gasteiger partial charge in [0.05, 0.1) is 16.7 Å². The molecule has 3 aromatic rings. The molecule has 0 radical (unpaired) electrons. The minimum absolute atomic E-state index is 0.114. The first kappa shape index (κ1) is 18.9. The van der Waals surface area contributed by atoms with Gasteiger partial charge in [-0.25, -0.2) is 4.98 Å². The Morgan fingerprint density at radius 3 is 2.85 bits per heavy atom. The molecule has 0 bridgehead atoms. The van der Waals surface area contributed by atoms with Crippen LogP contribution in [0.3, 0.4) is 0 Å². The van der Waals surface area contributed by atoms with E-state index in [-0.39, 0.29) is 17.2 Å². The van der Waals surface area contributed by atoms with Crippen LogP contribution in [0.4, 0.5) is 5.69 Å². The Labute approximate surface area is 167 Å². The van der Waals surface area contributed by atoms with E-state index in [2.05, 4.69) is 26.2 Å². The summed E-state index contributed by atoms with van der Waals surface area (Å²) in [6, 6.07) is 12.3. The molecule has 2 aromatic carbocycles. The average molecular weight is 453 g/mol. The van der Waals surface area contributed by atoms with Crippen LogP contribution in [0.1, 0.15) is 6.92 Å². The first-order chi connectivity index (χ1) is 12.5. The Kier molecular flexibility index (Phi) is 6.01. The first-order valence-corrected chi connectivity index (χ1v) is 10.0. The highest BCUT2D eigenvalue weighted by Gasteiger charge is 2.13. The number of hydrogen-bond acceptors (Lipinski definition) is 4. The lowest BCUT2D eigenvalue weighted by atomic mass is 10.2. The molecule has 1 N–H and O–H groups in total. The van der Waals surface area contributed by atoms with Gasteiger partial charge in [-0.15, -0.1) is 0 Å². The molecule has 1 heterocycles. The topological polar surface area (TPSA) is 64.0 Å². The number of carbonyl (C=O) groups is 1. The summed E-state index contributed by atoms with van der Waals surface area (Å²) in [6.45, 7) is 2.36. The lowest BCUT2D eigenvalue weighted by Crippen LogP contribution is -2.23. The highest BCUT2D eigenvalue weighted by Crippen LogP contribution is 2.21. The zero-order valence-corrected chi connectivity index (χ0v) is 17.0. The fraction of sp³-hybridized carbons (Fsp3) is 0.167. The van der Waals surface area contributed by atoms with E-state index in [1.807, 2.05) is 13.0 Å². The fourth-order valence-electron chi connectivity index (χ4n) is 2.46. The molecule has 5 nitrogen and oxygen atoms in total. The van der Waals surface area contributed by atoms with Crippen LogP contribution in [0.15, 0.2) is 56.9 Å². The van der Waals surface area contributed by atoms with Gasteiger partial charge in [0.1, 0.15) is 0 Å². The van der Waals surface area contributed by atoms with E-state index in [0.29, 0.717) is 33.3 Å². The number of nitrogens with one attached hydrogen (secondary N) is 1. The number of fused-ring (bicyclic) bond motifs is 1. The van der Waals surface area contributed by atoms with Crippen molar-refractivity contribution in [1.29, 1.82) is 0 Å². The molecule has 0 unspecified atom stereocenters. The van der Waals surface area contributed by atoms with Crippen LogP contribution in [0.2, 0.25) is 5.02 Å². The lowest BCUT2D eigenvalue weighted by molar-refractivity contribution is -0.113. The first-order valence-electron chi connectivity index (χ1n) is 7.86. The van der Waals surface area contributed by atoms with Gasteiger partial charge in [-0.1, -0.05) is 45.4 Å². The second-order valence-electron chi connectivity index (χ2n) is 5.45. The summed E-state index contributed by atoms with van der Waals surface area (Å²) in [5.41, 5.74) is 1.13. The van der Waals surface area contributed by atoms with E-state index in [9.17, 15) is 9.59 Å². The quantitative estimate of drug-likeness (QED) is 0.455. The molecule has 0 fully saturated rings. The summed E-state index contributed by atoms with van der Waals surface area (Å²) in [5.74, 6) is -0.0499. The number of carbonyl (C=O) groups excluding carboxylic acids is 1. The van der Waals surface area contributed by atoms with E-state index in [0.717, 1.165) is 4.47 Å². The monoisotopic (exact) mass is 451 g/mol. The van der Waals surface area contributed by atoms with E-state index >= 15 is 0 Å². The zero-order valence-electron chi connectivity index (χ0n) is 13.8. The second kappa shape index (κ2) is 8.24. The molecule has 0 aliphatic carbocycles. The van der Waals surface area contributed by atoms with E-state index in [1.165, 1.54) is 11.8 Å². The Hall–Kier alpha value is -1.83. The molecule has 0 aliphatic heterocycles. The summed E-state index contributed by atoms with van der Waals surface area (Å²) in [5, 5.41) is 4.41. The summed E-state index contributed by atoms with van der Waals surface area (Å²) >= 11 is 10.5. The predicted molar refractivity (Wildman–Crippen MR) is 110 cm³/mol. The molecule has 1 amide bonds. The van der Waals surface area contributed by atoms with Crippen molar-refractivity contribution in [2.45, 2.75) is 18.6 Å². The Bertz CT molecular complexity index is 1040. The van der Waals surface area contributed by atoms with Gasteiger partial charge in [-0.2, -0.15) is 0 Å². The minimum Gasteiger partial charge on any atom is -0.325 e. The number of halogens is 2. The number of benzene rings is 2. The van der Waals surface area contributed by atoms with Crippen molar-refractivity contribution in [2.75, 3.05) is 11.1 Å². The number of thioether (sulfide) groups is 1. The molecule has 134 valence electrons. The molecule has 0 saturated heterocycles. The fourth-order valence-corrected chi connectivity index (χ4v) is 3.87. The van der Waals surface area contributed by atoms with Crippen LogP contribution in [0, 0.1) is 0 Å². The molecular formula is C18H15BrClN3O2S. The van der Waals surface area contributed by atoms with E-state index < -0.39 is 0 Å². The largest absolute Gasteiger partial charge is 0.325 e. The van der Waals surface area contributed by atoms with Crippen LogP contribution < -0.4 is 10.9 Å². The van der Waals surface area contributed by atoms with Crippen LogP contribution in [0.25, 0.3) is 10.9 Å². The molecular weight excluding hydrogens is 438 g/mol. The molecule has 26 heavy (non-hydrogen) atoms. The van der Waals surface area contributed by atoms with Crippen LogP contribution in [0.5, 0.6) is 0 Å². The third-order valence-corrected chi connectivity index (χ3v) is 5.34. The number of hydrogen-bond donors (Lipinski definition) is 1. The summed E-state index contributed by atoms with van der Waals surface area (Å²) in [7, 11) is 0. The van der Waals surface area contributed by atoms with E-state index in [1.54, 1.807) is 41.0 Å². The van der Waals surface area contributed by atoms with Gasteiger partial charge < -0.3 is 5.32 Å². The highest BCUT2D eigenvalue weighted by molar-refractivity contribution is 9.10. The third-order valence-electron chi connectivity index (χ3n) is 3.64. The van der Waals surface area contributed by atoms with Crippen molar-refractivity contribution in [2.24, 2.45) is 0 Å². The van der Waals surface area contributed by atoms with Crippen LogP contribution in [-0.2, 0) is 11.3 Å². The highest BCUT2D eigenvalue weighted by atomic mass is 79.9. The molecule has 0 saturated carbocycles. The minimum atomic E-state index is -0.190. The van der Waals surface area contributed by atoms with Crippen molar-refractivity contribution >= 4 is 61.8 Å². The Morgan fingerprint density at radius 2 is 2.12 bits per heavy atom. The van der Waals surface area contributed by atoms with Gasteiger partial charge in [0.25, 0.3) is 5.56 Å². The van der Waals surface area contributed by atoms with Crippen molar-refractivity contribution < 1.29 is 4.79 Å². The number of aromatic nitrogens is 2. The number of amides is 1. The number of anilines is 1. The summed E-state index contributed by atoms with van der Waals surface area (Å²) in [4.78, 5) is 29.4. The maximum absolute atomic E-state index is 12.7. The Balaban J connectivity index is 1.81. The van der Waals surface area contributed by atoms with Gasteiger partial charge in [-0.3, -0.25) is 14.2 Å². The van der Waals surface area contributed by atoms with Crippen molar-refractivity contribution in [1.82, 2.24) is 9.55 Å². The van der Waals surface area contributed by atoms with Crippen molar-refractivity contribution in [3.63, 3.8) is 0 Å². The molecule has 3 rings (SSSR count). The van der Waals surface area contributed by atoms with Gasteiger partial charge in [0.2, 0.25) is 5.91 Å². The van der Waals surface area contributed by atoms with Gasteiger partial charge >= 0.3 is 0 Å². The van der Waals surface area contributed by atoms with Crippen LogP contribution >= 0.6 is 39.3 Å². The molecule has 0 spiro atoms. The standard InChI is InChI=1S/C18H15BrClN3O2S/c1-2-23-17(25)14-8-11(19)6-7-15(14)22-18(23)26-10-16(24)21-13-5-3-4-12(20)9-13/h3-9H,2,10H2,1H3,(H,21,24). The van der Waals surface area contributed by atoms with Crippen molar-refractivity contribution in [3.8, 4) is 0 Å².